The molecule has 6 heteroatoms. The molecule has 0 aliphatic rings. The molecule has 2 N–H and O–H groups in total. The van der Waals surface area contributed by atoms with Crippen LogP contribution in [0.25, 0.3) is 0 Å². The maximum atomic E-state index is 12.9. The number of nitrogens with zero attached hydrogens (tertiary/aromatic N) is 1. The van der Waals surface area contributed by atoms with Crippen molar-refractivity contribution in [1.82, 2.24) is 4.57 Å². The van der Waals surface area contributed by atoms with Crippen LogP contribution in [0.1, 0.15) is 42.5 Å². The lowest BCUT2D eigenvalue weighted by molar-refractivity contribution is -0.143. The molecule has 0 fully saturated rings. The van der Waals surface area contributed by atoms with Gasteiger partial charge < -0.3 is 10.3 Å². The van der Waals surface area contributed by atoms with Gasteiger partial charge in [0.2, 0.25) is 0 Å². The van der Waals surface area contributed by atoms with E-state index in [1.165, 1.54) is 0 Å². The van der Waals surface area contributed by atoms with Gasteiger partial charge in [-0.05, 0) is 24.0 Å². The van der Waals surface area contributed by atoms with Crippen LogP contribution >= 0.6 is 0 Å². The normalized spacial score (nSPS) is 12.2. The van der Waals surface area contributed by atoms with E-state index in [1.807, 2.05) is 0 Å². The number of carbonyl (C=O) groups excluding carboxylic acids is 1. The van der Waals surface area contributed by atoms with Crippen molar-refractivity contribution >= 4 is 5.91 Å². The van der Waals surface area contributed by atoms with Crippen LogP contribution in [0.2, 0.25) is 0 Å². The molecule has 0 radical (unpaired) electrons. The number of aryl methyl sites for hydroxylation is 1. The Morgan fingerprint density at radius 2 is 2.00 bits per heavy atom. The molecule has 1 heterocycles. The summed E-state index contributed by atoms with van der Waals surface area (Å²) in [6.45, 7) is 5.39. The summed E-state index contributed by atoms with van der Waals surface area (Å²) in [6, 6.07) is 1.02. The van der Waals surface area contributed by atoms with Gasteiger partial charge in [0.25, 0.3) is 5.91 Å². The van der Waals surface area contributed by atoms with Gasteiger partial charge in [-0.15, -0.1) is 0 Å². The number of hydrogen-bond acceptors (Lipinski definition) is 1. The number of aromatic nitrogens is 1. The maximum Gasteiger partial charge on any atom is 0.431 e. The maximum absolute atomic E-state index is 12.9. The van der Waals surface area contributed by atoms with Crippen molar-refractivity contribution in [3.8, 4) is 0 Å². The van der Waals surface area contributed by atoms with Gasteiger partial charge in [-0.1, -0.05) is 20.8 Å². The topological polar surface area (TPSA) is 48.0 Å². The molecule has 0 aliphatic heterocycles. The van der Waals surface area contributed by atoms with Crippen molar-refractivity contribution in [3.05, 3.63) is 23.0 Å². The largest absolute Gasteiger partial charge is 0.431 e. The minimum absolute atomic E-state index is 0.0127. The van der Waals surface area contributed by atoms with Crippen LogP contribution in [-0.2, 0) is 19.1 Å². The highest BCUT2D eigenvalue weighted by Gasteiger charge is 2.37. The highest BCUT2D eigenvalue weighted by molar-refractivity contribution is 5.93. The lowest BCUT2D eigenvalue weighted by Gasteiger charge is -2.16. The van der Waals surface area contributed by atoms with Gasteiger partial charge in [0, 0.05) is 6.54 Å². The molecule has 1 aromatic heterocycles. The van der Waals surface area contributed by atoms with Crippen molar-refractivity contribution in [2.75, 3.05) is 0 Å². The number of primary amides is 1. The van der Waals surface area contributed by atoms with Gasteiger partial charge in [0.05, 0.1) is 0 Å². The van der Waals surface area contributed by atoms with Crippen LogP contribution in [0.15, 0.2) is 6.07 Å². The van der Waals surface area contributed by atoms with Gasteiger partial charge in [0.15, 0.2) is 0 Å². The SMILES string of the molecule is CCc1cc(C(F)(F)F)n(CC(C)C)c1C(N)=O. The average Bonchev–Trinajstić information content (AvgIpc) is 2.54. The third-order valence-corrected chi connectivity index (χ3v) is 2.63. The van der Waals surface area contributed by atoms with Gasteiger partial charge in [-0.3, -0.25) is 4.79 Å². The standard InChI is InChI=1S/C12H17F3N2O/c1-4-8-5-9(12(13,14)15)17(6-7(2)3)10(8)11(16)18/h5,7H,4,6H2,1-3H3,(H2,16,18). The van der Waals surface area contributed by atoms with Crippen LogP contribution in [-0.4, -0.2) is 10.5 Å². The van der Waals surface area contributed by atoms with Crippen molar-refractivity contribution in [2.24, 2.45) is 11.7 Å². The van der Waals surface area contributed by atoms with E-state index in [4.69, 9.17) is 5.73 Å². The van der Waals surface area contributed by atoms with Gasteiger partial charge in [-0.2, -0.15) is 13.2 Å². The predicted octanol–water partition coefficient (Wildman–Crippen LogP) is 2.82. The molecule has 0 spiro atoms. The van der Waals surface area contributed by atoms with Crippen LogP contribution in [0.5, 0.6) is 0 Å². The predicted molar refractivity (Wildman–Crippen MR) is 62.2 cm³/mol. The highest BCUT2D eigenvalue weighted by Crippen LogP contribution is 2.33. The molecule has 0 atom stereocenters. The van der Waals surface area contributed by atoms with E-state index >= 15 is 0 Å². The third-order valence-electron chi connectivity index (χ3n) is 2.63. The molecule has 1 rings (SSSR count). The molecular formula is C12H17F3N2O. The Morgan fingerprint density at radius 3 is 2.33 bits per heavy atom. The first kappa shape index (κ1) is 14.6. The molecule has 0 saturated heterocycles. The number of alkyl halides is 3. The smallest absolute Gasteiger partial charge is 0.364 e. The molecule has 18 heavy (non-hydrogen) atoms. The van der Waals surface area contributed by atoms with E-state index in [-0.39, 0.29) is 18.2 Å². The summed E-state index contributed by atoms with van der Waals surface area (Å²) in [5.74, 6) is -0.829. The summed E-state index contributed by atoms with van der Waals surface area (Å²) in [4.78, 5) is 11.4. The van der Waals surface area contributed by atoms with Gasteiger partial charge in [-0.25, -0.2) is 0 Å². The van der Waals surface area contributed by atoms with Crippen molar-refractivity contribution in [2.45, 2.75) is 39.9 Å². The summed E-state index contributed by atoms with van der Waals surface area (Å²) in [7, 11) is 0. The Kier molecular flexibility index (Phi) is 4.09. The molecule has 0 unspecified atom stereocenters. The van der Waals surface area contributed by atoms with Crippen LogP contribution < -0.4 is 5.73 Å². The quantitative estimate of drug-likeness (QED) is 0.891. The average molecular weight is 262 g/mol. The molecule has 3 nitrogen and oxygen atoms in total. The van der Waals surface area contributed by atoms with E-state index in [0.29, 0.717) is 12.0 Å². The molecule has 1 amide bonds. The Labute approximate surface area is 104 Å². The Bertz CT molecular complexity index is 447. The second-order valence-electron chi connectivity index (χ2n) is 4.62. The Balaban J connectivity index is 3.47. The number of rotatable bonds is 4. The summed E-state index contributed by atoms with van der Waals surface area (Å²) >= 11 is 0. The van der Waals surface area contributed by atoms with E-state index in [2.05, 4.69) is 0 Å². The first-order valence-corrected chi connectivity index (χ1v) is 5.77. The van der Waals surface area contributed by atoms with Crippen molar-refractivity contribution in [3.63, 3.8) is 0 Å². The number of hydrogen-bond donors (Lipinski definition) is 1. The highest BCUT2D eigenvalue weighted by atomic mass is 19.4. The summed E-state index contributed by atoms with van der Waals surface area (Å²) in [5.41, 5.74) is 4.71. The molecular weight excluding hydrogens is 245 g/mol. The van der Waals surface area contributed by atoms with Crippen molar-refractivity contribution < 1.29 is 18.0 Å². The first-order valence-electron chi connectivity index (χ1n) is 5.77. The fourth-order valence-electron chi connectivity index (χ4n) is 1.96. The van der Waals surface area contributed by atoms with Crippen LogP contribution in [0, 0.1) is 5.92 Å². The number of halogens is 3. The second-order valence-corrected chi connectivity index (χ2v) is 4.62. The minimum atomic E-state index is -4.48. The van der Waals surface area contributed by atoms with Gasteiger partial charge in [0.1, 0.15) is 11.4 Å². The fraction of sp³-hybridized carbons (Fsp3) is 0.583. The van der Waals surface area contributed by atoms with E-state index in [0.717, 1.165) is 10.6 Å². The molecule has 1 aromatic rings. The number of carbonyl (C=O) groups is 1. The number of nitrogens with two attached hydrogens (primary N) is 1. The zero-order valence-electron chi connectivity index (χ0n) is 10.6. The van der Waals surface area contributed by atoms with Gasteiger partial charge >= 0.3 is 6.18 Å². The Morgan fingerprint density at radius 1 is 1.44 bits per heavy atom. The Hall–Kier alpha value is -1.46. The third kappa shape index (κ3) is 2.86. The molecule has 0 aliphatic carbocycles. The fourth-order valence-corrected chi connectivity index (χ4v) is 1.96. The molecule has 0 aromatic carbocycles. The monoisotopic (exact) mass is 262 g/mol. The zero-order valence-corrected chi connectivity index (χ0v) is 10.6. The summed E-state index contributed by atoms with van der Waals surface area (Å²) in [5, 5.41) is 0. The second kappa shape index (κ2) is 5.04. The van der Waals surface area contributed by atoms with Crippen molar-refractivity contribution in [1.29, 1.82) is 0 Å². The summed E-state index contributed by atoms with van der Waals surface area (Å²) < 4.78 is 39.7. The number of amides is 1. The van der Waals surface area contributed by atoms with Crippen LogP contribution in [0.3, 0.4) is 0 Å². The van der Waals surface area contributed by atoms with E-state index < -0.39 is 17.8 Å². The van der Waals surface area contributed by atoms with E-state index in [9.17, 15) is 18.0 Å². The minimum Gasteiger partial charge on any atom is -0.364 e. The lowest BCUT2D eigenvalue weighted by Crippen LogP contribution is -2.23. The van der Waals surface area contributed by atoms with E-state index in [1.54, 1.807) is 20.8 Å². The molecule has 0 bridgehead atoms. The lowest BCUT2D eigenvalue weighted by atomic mass is 10.1. The zero-order chi connectivity index (χ0) is 14.1. The molecule has 0 saturated carbocycles. The van der Waals surface area contributed by atoms with Crippen LogP contribution in [0.4, 0.5) is 13.2 Å². The molecule has 102 valence electrons. The summed E-state index contributed by atoms with van der Waals surface area (Å²) in [6.07, 6.45) is -4.14. The first-order chi connectivity index (χ1) is 8.18.